The third-order valence-electron chi connectivity index (χ3n) is 1.64. The van der Waals surface area contributed by atoms with Crippen molar-refractivity contribution in [3.05, 3.63) is 0 Å². The standard InChI is InChI=1S/C6H10N2.2C2H6/c1-6(4-7)2-3-8-5-6;2*1-2/h8H,2-3,5H2,1H3;2*1-2H3. The quantitative estimate of drug-likeness (QED) is 0.606. The largest absolute Gasteiger partial charge is 0.315 e. The van der Waals surface area contributed by atoms with Crippen LogP contribution in [0.4, 0.5) is 0 Å². The normalized spacial score (nSPS) is 25.7. The minimum Gasteiger partial charge on any atom is -0.315 e. The molecule has 1 atom stereocenters. The van der Waals surface area contributed by atoms with Crippen LogP contribution in [0, 0.1) is 16.7 Å². The first kappa shape index (κ1) is 14.0. The van der Waals surface area contributed by atoms with E-state index in [2.05, 4.69) is 11.4 Å². The fraction of sp³-hybridized carbons (Fsp3) is 0.900. The second-order valence-electron chi connectivity index (χ2n) is 2.60. The molecule has 0 bridgehead atoms. The Labute approximate surface area is 77.0 Å². The van der Waals surface area contributed by atoms with Crippen molar-refractivity contribution in [3.63, 3.8) is 0 Å². The number of rotatable bonds is 0. The maximum atomic E-state index is 8.54. The van der Waals surface area contributed by atoms with Gasteiger partial charge in [0.2, 0.25) is 0 Å². The van der Waals surface area contributed by atoms with E-state index in [1.165, 1.54) is 0 Å². The Kier molecular flexibility index (Phi) is 9.97. The molecule has 72 valence electrons. The third kappa shape index (κ3) is 5.15. The summed E-state index contributed by atoms with van der Waals surface area (Å²) in [6.45, 7) is 11.9. The molecule has 12 heavy (non-hydrogen) atoms. The highest BCUT2D eigenvalue weighted by Gasteiger charge is 2.27. The Hall–Kier alpha value is -0.550. The van der Waals surface area contributed by atoms with Crippen molar-refractivity contribution >= 4 is 0 Å². The van der Waals surface area contributed by atoms with Crippen molar-refractivity contribution in [1.82, 2.24) is 5.32 Å². The van der Waals surface area contributed by atoms with Gasteiger partial charge in [-0.2, -0.15) is 5.26 Å². The van der Waals surface area contributed by atoms with Crippen LogP contribution >= 0.6 is 0 Å². The van der Waals surface area contributed by atoms with Crippen molar-refractivity contribution in [2.24, 2.45) is 5.41 Å². The van der Waals surface area contributed by atoms with E-state index in [-0.39, 0.29) is 5.41 Å². The lowest BCUT2D eigenvalue weighted by atomic mass is 9.92. The van der Waals surface area contributed by atoms with Gasteiger partial charge in [-0.3, -0.25) is 0 Å². The van der Waals surface area contributed by atoms with Crippen LogP contribution in [0.2, 0.25) is 0 Å². The molecule has 0 aromatic rings. The lowest BCUT2D eigenvalue weighted by Gasteiger charge is -2.08. The first-order valence-electron chi connectivity index (χ1n) is 4.89. The van der Waals surface area contributed by atoms with Crippen molar-refractivity contribution < 1.29 is 0 Å². The molecule has 0 radical (unpaired) electrons. The molecule has 0 aliphatic carbocycles. The topological polar surface area (TPSA) is 35.8 Å². The summed E-state index contributed by atoms with van der Waals surface area (Å²) in [7, 11) is 0. The molecule has 0 aromatic heterocycles. The van der Waals surface area contributed by atoms with E-state index >= 15 is 0 Å². The third-order valence-corrected chi connectivity index (χ3v) is 1.64. The second kappa shape index (κ2) is 8.55. The summed E-state index contributed by atoms with van der Waals surface area (Å²) in [5.41, 5.74) is -0.0694. The highest BCUT2D eigenvalue weighted by atomic mass is 14.9. The lowest BCUT2D eigenvalue weighted by Crippen LogP contribution is -2.17. The van der Waals surface area contributed by atoms with Gasteiger partial charge in [0.25, 0.3) is 0 Å². The summed E-state index contributed by atoms with van der Waals surface area (Å²) in [4.78, 5) is 0. The predicted octanol–water partition coefficient (Wildman–Crippen LogP) is 2.56. The first-order chi connectivity index (χ1) is 5.77. The van der Waals surface area contributed by atoms with Crippen LogP contribution in [-0.4, -0.2) is 13.1 Å². The fourth-order valence-electron chi connectivity index (χ4n) is 0.912. The van der Waals surface area contributed by atoms with Crippen LogP contribution in [0.5, 0.6) is 0 Å². The Morgan fingerprint density at radius 2 is 1.75 bits per heavy atom. The molecule has 0 saturated carbocycles. The first-order valence-corrected chi connectivity index (χ1v) is 4.89. The van der Waals surface area contributed by atoms with Gasteiger partial charge in [-0.15, -0.1) is 0 Å². The van der Waals surface area contributed by atoms with E-state index in [4.69, 9.17) is 5.26 Å². The minimum atomic E-state index is -0.0694. The zero-order valence-corrected chi connectivity index (χ0v) is 9.07. The highest BCUT2D eigenvalue weighted by Crippen LogP contribution is 2.21. The molecule has 0 spiro atoms. The average molecular weight is 170 g/mol. The van der Waals surface area contributed by atoms with Gasteiger partial charge in [-0.1, -0.05) is 27.7 Å². The van der Waals surface area contributed by atoms with E-state index in [0.29, 0.717) is 0 Å². The molecule has 1 heterocycles. The second-order valence-corrected chi connectivity index (χ2v) is 2.60. The molecular weight excluding hydrogens is 148 g/mol. The molecule has 0 amide bonds. The molecule has 1 fully saturated rings. The van der Waals surface area contributed by atoms with Crippen LogP contribution < -0.4 is 5.32 Å². The maximum absolute atomic E-state index is 8.54. The Morgan fingerprint density at radius 1 is 1.25 bits per heavy atom. The van der Waals surface area contributed by atoms with Crippen LogP contribution in [0.15, 0.2) is 0 Å². The van der Waals surface area contributed by atoms with Crippen molar-refractivity contribution in [3.8, 4) is 6.07 Å². The van der Waals surface area contributed by atoms with Gasteiger partial charge >= 0.3 is 0 Å². The van der Waals surface area contributed by atoms with Crippen LogP contribution in [0.1, 0.15) is 41.0 Å². The molecule has 2 heteroatoms. The summed E-state index contributed by atoms with van der Waals surface area (Å²) in [6.07, 6.45) is 1.00. The van der Waals surface area contributed by atoms with Gasteiger partial charge in [0.1, 0.15) is 0 Å². The van der Waals surface area contributed by atoms with Crippen LogP contribution in [-0.2, 0) is 0 Å². The van der Waals surface area contributed by atoms with Crippen molar-refractivity contribution in [2.45, 2.75) is 41.0 Å². The van der Waals surface area contributed by atoms with Crippen LogP contribution in [0.3, 0.4) is 0 Å². The summed E-state index contributed by atoms with van der Waals surface area (Å²) in [5.74, 6) is 0. The Morgan fingerprint density at radius 3 is 1.92 bits per heavy atom. The van der Waals surface area contributed by atoms with Crippen molar-refractivity contribution in [1.29, 1.82) is 5.26 Å². The molecule has 1 saturated heterocycles. The molecular formula is C10H22N2. The molecule has 1 unspecified atom stereocenters. The van der Waals surface area contributed by atoms with Gasteiger partial charge in [0.05, 0.1) is 11.5 Å². The van der Waals surface area contributed by atoms with Crippen molar-refractivity contribution in [2.75, 3.05) is 13.1 Å². The maximum Gasteiger partial charge on any atom is 0.0700 e. The number of hydrogen-bond donors (Lipinski definition) is 1. The lowest BCUT2D eigenvalue weighted by molar-refractivity contribution is 0.496. The molecule has 2 nitrogen and oxygen atoms in total. The Bertz CT molecular complexity index is 118. The van der Waals surface area contributed by atoms with Crippen LogP contribution in [0.25, 0.3) is 0 Å². The number of nitrogens with zero attached hydrogens (tertiary/aromatic N) is 1. The molecule has 1 N–H and O–H groups in total. The van der Waals surface area contributed by atoms with Gasteiger partial charge in [-0.25, -0.2) is 0 Å². The zero-order chi connectivity index (χ0) is 10.0. The Balaban J connectivity index is 0. The smallest absolute Gasteiger partial charge is 0.0700 e. The summed E-state index contributed by atoms with van der Waals surface area (Å²) < 4.78 is 0. The van der Waals surface area contributed by atoms with E-state index in [0.717, 1.165) is 19.5 Å². The van der Waals surface area contributed by atoms with E-state index in [9.17, 15) is 0 Å². The molecule has 0 aromatic carbocycles. The van der Waals surface area contributed by atoms with Gasteiger partial charge in [-0.05, 0) is 19.9 Å². The minimum absolute atomic E-state index is 0.0694. The van der Waals surface area contributed by atoms with E-state index < -0.39 is 0 Å². The number of nitriles is 1. The number of hydrogen-bond acceptors (Lipinski definition) is 2. The predicted molar refractivity (Wildman–Crippen MR) is 53.9 cm³/mol. The number of nitrogens with one attached hydrogen (secondary N) is 1. The highest BCUT2D eigenvalue weighted by molar-refractivity contribution is 5.00. The average Bonchev–Trinajstić information content (AvgIpc) is 2.60. The zero-order valence-electron chi connectivity index (χ0n) is 9.07. The SMILES string of the molecule is CC.CC.CC1(C#N)CCNC1. The molecule has 1 aliphatic heterocycles. The fourth-order valence-corrected chi connectivity index (χ4v) is 0.912. The summed E-state index contributed by atoms with van der Waals surface area (Å²) in [5, 5.41) is 11.7. The van der Waals surface area contributed by atoms with Gasteiger partial charge < -0.3 is 5.32 Å². The van der Waals surface area contributed by atoms with Gasteiger partial charge in [0, 0.05) is 6.54 Å². The monoisotopic (exact) mass is 170 g/mol. The molecule has 1 rings (SSSR count). The van der Waals surface area contributed by atoms with E-state index in [1.807, 2.05) is 34.6 Å². The molecule has 1 aliphatic rings. The van der Waals surface area contributed by atoms with Gasteiger partial charge in [0.15, 0.2) is 0 Å². The van der Waals surface area contributed by atoms with E-state index in [1.54, 1.807) is 0 Å². The summed E-state index contributed by atoms with van der Waals surface area (Å²) >= 11 is 0. The summed E-state index contributed by atoms with van der Waals surface area (Å²) in [6, 6.07) is 2.28.